The lowest BCUT2D eigenvalue weighted by Gasteiger charge is -2.44. The van der Waals surface area contributed by atoms with Crippen LogP contribution < -0.4 is 0 Å². The van der Waals surface area contributed by atoms with E-state index in [0.717, 1.165) is 42.0 Å². The summed E-state index contributed by atoms with van der Waals surface area (Å²) in [7, 11) is 0. The van der Waals surface area contributed by atoms with Crippen LogP contribution in [0.2, 0.25) is 0 Å². The first-order valence-electron chi connectivity index (χ1n) is 11.1. The van der Waals surface area contributed by atoms with Crippen LogP contribution in [0.5, 0.6) is 0 Å². The van der Waals surface area contributed by atoms with Crippen LogP contribution in [0.15, 0.2) is 11.6 Å². The summed E-state index contributed by atoms with van der Waals surface area (Å²) in [6, 6.07) is 0. The van der Waals surface area contributed by atoms with Crippen molar-refractivity contribution in [1.29, 1.82) is 0 Å². The fourth-order valence-electron chi connectivity index (χ4n) is 6.64. The average Bonchev–Trinajstić information content (AvgIpc) is 3.29. The minimum Gasteiger partial charge on any atom is -0.393 e. The molecular weight excluding hydrogens is 354 g/mol. The Morgan fingerprint density at radius 2 is 2.15 bits per heavy atom. The van der Waals surface area contributed by atoms with Gasteiger partial charge < -0.3 is 5.11 Å². The molecule has 0 amide bonds. The molecule has 3 aliphatic rings. The van der Waals surface area contributed by atoms with Crippen LogP contribution >= 0.6 is 11.3 Å². The standard InChI is InChI=1S/C23H35NO2S/c1-23(10-3-6-20(23)21(26)15-22-24-12-13-27-22)11-9-16-4-2-5-17-14-18(25)7-8-19(16)17/h12-13,16-20,25H,2-11,14-15H2,1H3. The predicted molar refractivity (Wildman–Crippen MR) is 110 cm³/mol. The molecule has 150 valence electrons. The summed E-state index contributed by atoms with van der Waals surface area (Å²) in [4.78, 5) is 17.3. The molecule has 1 heterocycles. The maximum absolute atomic E-state index is 13.0. The van der Waals surface area contributed by atoms with Gasteiger partial charge in [0.25, 0.3) is 0 Å². The zero-order chi connectivity index (χ0) is 18.9. The van der Waals surface area contributed by atoms with Crippen molar-refractivity contribution in [2.45, 2.75) is 90.1 Å². The normalized spacial score (nSPS) is 39.3. The first-order valence-corrected chi connectivity index (χ1v) is 12.0. The van der Waals surface area contributed by atoms with Crippen LogP contribution in [0.4, 0.5) is 0 Å². The molecule has 1 aromatic rings. The number of rotatable bonds is 6. The summed E-state index contributed by atoms with van der Waals surface area (Å²) < 4.78 is 0. The third-order valence-corrected chi connectivity index (χ3v) is 8.91. The highest BCUT2D eigenvalue weighted by atomic mass is 32.1. The van der Waals surface area contributed by atoms with Crippen molar-refractivity contribution in [2.75, 3.05) is 0 Å². The molecule has 0 spiro atoms. The Morgan fingerprint density at radius 1 is 1.26 bits per heavy atom. The second-order valence-electron chi connectivity index (χ2n) is 9.79. The zero-order valence-corrected chi connectivity index (χ0v) is 17.6. The van der Waals surface area contributed by atoms with E-state index in [1.807, 2.05) is 11.6 Å². The molecule has 1 aromatic heterocycles. The summed E-state index contributed by atoms with van der Waals surface area (Å²) in [5.41, 5.74) is 0.190. The van der Waals surface area contributed by atoms with Gasteiger partial charge in [-0.15, -0.1) is 11.3 Å². The molecule has 0 radical (unpaired) electrons. The van der Waals surface area contributed by atoms with Crippen molar-refractivity contribution in [1.82, 2.24) is 4.98 Å². The number of hydrogen-bond acceptors (Lipinski definition) is 4. The van der Waals surface area contributed by atoms with E-state index in [1.165, 1.54) is 51.4 Å². The smallest absolute Gasteiger partial charge is 0.143 e. The number of Topliss-reactive ketones (excluding diaryl/α,β-unsaturated/α-hetero) is 1. The summed E-state index contributed by atoms with van der Waals surface area (Å²) in [5.74, 6) is 3.06. The molecule has 0 aliphatic heterocycles. The molecule has 3 fully saturated rings. The van der Waals surface area contributed by atoms with E-state index in [2.05, 4.69) is 11.9 Å². The van der Waals surface area contributed by atoms with Crippen molar-refractivity contribution in [2.24, 2.45) is 29.1 Å². The summed E-state index contributed by atoms with van der Waals surface area (Å²) >= 11 is 1.61. The third-order valence-electron chi connectivity index (χ3n) is 8.13. The van der Waals surface area contributed by atoms with Gasteiger partial charge in [0.1, 0.15) is 5.78 Å². The van der Waals surface area contributed by atoms with Gasteiger partial charge in [0.15, 0.2) is 0 Å². The number of hydrogen-bond donors (Lipinski definition) is 1. The molecule has 1 N–H and O–H groups in total. The van der Waals surface area contributed by atoms with Gasteiger partial charge in [-0.05, 0) is 68.1 Å². The van der Waals surface area contributed by atoms with Crippen LogP contribution in [0, 0.1) is 29.1 Å². The van der Waals surface area contributed by atoms with Crippen molar-refractivity contribution < 1.29 is 9.90 Å². The van der Waals surface area contributed by atoms with Gasteiger partial charge in [-0.3, -0.25) is 4.79 Å². The minimum absolute atomic E-state index is 0.0507. The number of aromatic nitrogens is 1. The molecule has 6 atom stereocenters. The van der Waals surface area contributed by atoms with Gasteiger partial charge in [0.05, 0.1) is 17.5 Å². The Bertz CT molecular complexity index is 630. The number of fused-ring (bicyclic) bond motifs is 1. The lowest BCUT2D eigenvalue weighted by Crippen LogP contribution is -2.37. The van der Waals surface area contributed by atoms with Gasteiger partial charge in [-0.1, -0.05) is 32.6 Å². The lowest BCUT2D eigenvalue weighted by molar-refractivity contribution is -0.125. The second kappa shape index (κ2) is 8.32. The maximum Gasteiger partial charge on any atom is 0.143 e. The van der Waals surface area contributed by atoms with Crippen LogP contribution in [-0.2, 0) is 11.2 Å². The lowest BCUT2D eigenvalue weighted by atomic mass is 9.62. The van der Waals surface area contributed by atoms with Crippen molar-refractivity contribution >= 4 is 17.1 Å². The summed E-state index contributed by atoms with van der Waals surface area (Å²) in [6.07, 6.45) is 15.6. The summed E-state index contributed by atoms with van der Waals surface area (Å²) in [5, 5.41) is 13.0. The fourth-order valence-corrected chi connectivity index (χ4v) is 7.27. The Morgan fingerprint density at radius 3 is 2.96 bits per heavy atom. The molecular formula is C23H35NO2S. The molecule has 3 nitrogen and oxygen atoms in total. The van der Waals surface area contributed by atoms with E-state index in [4.69, 9.17) is 0 Å². The van der Waals surface area contributed by atoms with Gasteiger partial charge in [-0.25, -0.2) is 4.98 Å². The monoisotopic (exact) mass is 389 g/mol. The van der Waals surface area contributed by atoms with E-state index < -0.39 is 0 Å². The molecule has 6 unspecified atom stereocenters. The van der Waals surface area contributed by atoms with E-state index in [-0.39, 0.29) is 17.4 Å². The number of nitrogens with zero attached hydrogens (tertiary/aromatic N) is 1. The van der Waals surface area contributed by atoms with Crippen LogP contribution in [0.1, 0.15) is 82.6 Å². The first-order chi connectivity index (χ1) is 13.0. The van der Waals surface area contributed by atoms with E-state index in [9.17, 15) is 9.90 Å². The quantitative estimate of drug-likeness (QED) is 0.707. The highest BCUT2D eigenvalue weighted by Crippen LogP contribution is 2.51. The Hall–Kier alpha value is -0.740. The van der Waals surface area contributed by atoms with Gasteiger partial charge >= 0.3 is 0 Å². The topological polar surface area (TPSA) is 50.2 Å². The van der Waals surface area contributed by atoms with E-state index in [1.54, 1.807) is 11.3 Å². The molecule has 4 heteroatoms. The van der Waals surface area contributed by atoms with E-state index >= 15 is 0 Å². The van der Waals surface area contributed by atoms with Crippen molar-refractivity contribution in [3.05, 3.63) is 16.6 Å². The Labute approximate surface area is 168 Å². The highest BCUT2D eigenvalue weighted by molar-refractivity contribution is 7.09. The van der Waals surface area contributed by atoms with Gasteiger partial charge in [-0.2, -0.15) is 0 Å². The van der Waals surface area contributed by atoms with Crippen molar-refractivity contribution in [3.63, 3.8) is 0 Å². The molecule has 3 aliphatic carbocycles. The fraction of sp³-hybridized carbons (Fsp3) is 0.826. The Kier molecular flexibility index (Phi) is 6.03. The zero-order valence-electron chi connectivity index (χ0n) is 16.7. The highest BCUT2D eigenvalue weighted by Gasteiger charge is 2.44. The molecule has 0 saturated heterocycles. The predicted octanol–water partition coefficient (Wildman–Crippen LogP) is 5.42. The molecule has 4 rings (SSSR count). The van der Waals surface area contributed by atoms with Gasteiger partial charge in [0.2, 0.25) is 0 Å². The minimum atomic E-state index is -0.0507. The maximum atomic E-state index is 13.0. The van der Waals surface area contributed by atoms with Crippen LogP contribution in [0.3, 0.4) is 0 Å². The SMILES string of the molecule is CC1(CCC2CCCC3CC(O)CCC23)CCCC1C(=O)Cc1nccs1. The van der Waals surface area contributed by atoms with E-state index in [0.29, 0.717) is 12.2 Å². The van der Waals surface area contributed by atoms with Crippen LogP contribution in [0.25, 0.3) is 0 Å². The molecule has 27 heavy (non-hydrogen) atoms. The molecule has 0 aromatic carbocycles. The molecule has 0 bridgehead atoms. The number of thiazole rings is 1. The number of carbonyl (C=O) groups is 1. The average molecular weight is 390 g/mol. The molecule has 3 saturated carbocycles. The number of aliphatic hydroxyl groups is 1. The Balaban J connectivity index is 1.36. The second-order valence-corrected chi connectivity index (χ2v) is 10.8. The number of carbonyl (C=O) groups excluding carboxylic acids is 1. The number of ketones is 1. The number of aliphatic hydroxyl groups excluding tert-OH is 1. The third kappa shape index (κ3) is 4.32. The van der Waals surface area contributed by atoms with Gasteiger partial charge in [0, 0.05) is 17.5 Å². The summed E-state index contributed by atoms with van der Waals surface area (Å²) in [6.45, 7) is 2.38. The first kappa shape index (κ1) is 19.6. The van der Waals surface area contributed by atoms with Crippen LogP contribution in [-0.4, -0.2) is 22.0 Å². The van der Waals surface area contributed by atoms with Crippen molar-refractivity contribution in [3.8, 4) is 0 Å². The largest absolute Gasteiger partial charge is 0.393 e.